The van der Waals surface area contributed by atoms with Gasteiger partial charge >= 0.3 is 12.1 Å². The highest BCUT2D eigenvalue weighted by atomic mass is 16.6. The van der Waals surface area contributed by atoms with Crippen LogP contribution in [0.5, 0.6) is 0 Å². The molecule has 8 heteroatoms. The van der Waals surface area contributed by atoms with Crippen LogP contribution in [0.2, 0.25) is 0 Å². The highest BCUT2D eigenvalue weighted by Gasteiger charge is 2.43. The molecule has 168 valence electrons. The van der Waals surface area contributed by atoms with Gasteiger partial charge in [-0.05, 0) is 69.7 Å². The molecule has 4 amide bonds. The number of anilines is 2. The number of rotatable bonds is 2. The number of urea groups is 1. The predicted molar refractivity (Wildman–Crippen MR) is 118 cm³/mol. The SMILES string of the molecule is CC(C)(C)OC(=O)N1CCC2(CCN(c3ccc(N4CCC(=O)NC4=O)cc3)CC2)C1. The smallest absolute Gasteiger partial charge is 0.410 e. The fraction of sp³-hybridized carbons (Fsp3) is 0.609. The third-order valence-electron chi connectivity index (χ3n) is 6.49. The van der Waals surface area contributed by atoms with Crippen LogP contribution < -0.4 is 15.1 Å². The molecule has 1 N–H and O–H groups in total. The first kappa shape index (κ1) is 21.5. The van der Waals surface area contributed by atoms with Crippen molar-refractivity contribution in [3.63, 3.8) is 0 Å². The molecule has 0 atom stereocenters. The lowest BCUT2D eigenvalue weighted by Gasteiger charge is -2.40. The third-order valence-corrected chi connectivity index (χ3v) is 6.49. The Hall–Kier alpha value is -2.77. The first-order valence-corrected chi connectivity index (χ1v) is 11.1. The van der Waals surface area contributed by atoms with Gasteiger partial charge in [-0.25, -0.2) is 9.59 Å². The normalized spacial score (nSPS) is 21.5. The second-order valence-corrected chi connectivity index (χ2v) is 9.91. The maximum atomic E-state index is 12.4. The molecule has 31 heavy (non-hydrogen) atoms. The Bertz CT molecular complexity index is 853. The largest absolute Gasteiger partial charge is 0.444 e. The van der Waals surface area contributed by atoms with Gasteiger partial charge < -0.3 is 14.5 Å². The zero-order valence-corrected chi connectivity index (χ0v) is 18.6. The molecule has 0 radical (unpaired) electrons. The number of nitrogens with one attached hydrogen (secondary N) is 1. The van der Waals surface area contributed by atoms with E-state index in [2.05, 4.69) is 10.2 Å². The molecule has 3 aliphatic rings. The molecule has 8 nitrogen and oxygen atoms in total. The summed E-state index contributed by atoms with van der Waals surface area (Å²) in [6.45, 7) is 9.54. The van der Waals surface area contributed by atoms with Crippen molar-refractivity contribution in [2.45, 2.75) is 52.1 Å². The third kappa shape index (κ3) is 4.78. The summed E-state index contributed by atoms with van der Waals surface area (Å²) in [6.07, 6.45) is 3.24. The van der Waals surface area contributed by atoms with Crippen molar-refractivity contribution < 1.29 is 19.1 Å². The van der Waals surface area contributed by atoms with Gasteiger partial charge in [0, 0.05) is 50.5 Å². The van der Waals surface area contributed by atoms with E-state index >= 15 is 0 Å². The summed E-state index contributed by atoms with van der Waals surface area (Å²) in [5.41, 5.74) is 1.65. The van der Waals surface area contributed by atoms with Crippen molar-refractivity contribution in [3.05, 3.63) is 24.3 Å². The maximum absolute atomic E-state index is 12.4. The minimum atomic E-state index is -0.466. The number of amides is 4. The van der Waals surface area contributed by atoms with E-state index in [-0.39, 0.29) is 23.4 Å². The maximum Gasteiger partial charge on any atom is 0.410 e. The van der Waals surface area contributed by atoms with Gasteiger partial charge in [0.15, 0.2) is 0 Å². The molecular formula is C23H32N4O4. The fourth-order valence-electron chi connectivity index (χ4n) is 4.72. The molecule has 1 aromatic carbocycles. The minimum Gasteiger partial charge on any atom is -0.444 e. The first-order valence-electron chi connectivity index (χ1n) is 11.1. The number of ether oxygens (including phenoxy) is 1. The number of hydrogen-bond acceptors (Lipinski definition) is 5. The quantitative estimate of drug-likeness (QED) is 0.781. The van der Waals surface area contributed by atoms with Crippen LogP contribution >= 0.6 is 0 Å². The molecule has 0 unspecified atom stereocenters. The van der Waals surface area contributed by atoms with E-state index < -0.39 is 5.60 Å². The van der Waals surface area contributed by atoms with Crippen molar-refractivity contribution in [1.82, 2.24) is 10.2 Å². The molecule has 0 aliphatic carbocycles. The molecular weight excluding hydrogens is 396 g/mol. The Balaban J connectivity index is 1.32. The van der Waals surface area contributed by atoms with Crippen molar-refractivity contribution in [1.29, 1.82) is 0 Å². The Morgan fingerprint density at radius 1 is 0.968 bits per heavy atom. The number of nitrogens with zero attached hydrogens (tertiary/aromatic N) is 3. The molecule has 1 aromatic rings. The van der Waals surface area contributed by atoms with Crippen molar-refractivity contribution in [2.75, 3.05) is 42.5 Å². The summed E-state index contributed by atoms with van der Waals surface area (Å²) in [5.74, 6) is -0.225. The predicted octanol–water partition coefficient (Wildman–Crippen LogP) is 3.36. The van der Waals surface area contributed by atoms with Gasteiger partial charge in [-0.1, -0.05) is 0 Å². The van der Waals surface area contributed by atoms with Crippen LogP contribution in [0.1, 0.15) is 46.5 Å². The van der Waals surface area contributed by atoms with Crippen LogP contribution in [0.3, 0.4) is 0 Å². The second kappa shape index (κ2) is 8.05. The lowest BCUT2D eigenvalue weighted by molar-refractivity contribution is -0.120. The van der Waals surface area contributed by atoms with Crippen LogP contribution in [-0.4, -0.2) is 61.3 Å². The molecule has 3 aliphatic heterocycles. The standard InChI is InChI=1S/C23H32N4O4/c1-22(2,3)31-21(30)26-15-11-23(16-26)9-13-25(14-10-23)17-4-6-18(7-5-17)27-12-8-19(28)24-20(27)29/h4-7H,8-16H2,1-3H3,(H,24,28,29). The van der Waals surface area contributed by atoms with Gasteiger partial charge in [0.2, 0.25) is 5.91 Å². The summed E-state index contributed by atoms with van der Waals surface area (Å²) in [5, 5.41) is 2.36. The number of likely N-dealkylation sites (tertiary alicyclic amines) is 1. The van der Waals surface area contributed by atoms with Gasteiger partial charge in [-0.3, -0.25) is 15.0 Å². The molecule has 3 fully saturated rings. The molecule has 0 bridgehead atoms. The number of imide groups is 1. The molecule has 0 saturated carbocycles. The van der Waals surface area contributed by atoms with Crippen LogP contribution in [0.4, 0.5) is 21.0 Å². The average Bonchev–Trinajstić information content (AvgIpc) is 3.12. The zero-order valence-electron chi connectivity index (χ0n) is 18.6. The molecule has 3 saturated heterocycles. The van der Waals surface area contributed by atoms with E-state index in [0.717, 1.165) is 56.8 Å². The Morgan fingerprint density at radius 3 is 2.19 bits per heavy atom. The number of hydrogen-bond donors (Lipinski definition) is 1. The highest BCUT2D eigenvalue weighted by Crippen LogP contribution is 2.41. The molecule has 0 aromatic heterocycles. The lowest BCUT2D eigenvalue weighted by Crippen LogP contribution is -2.49. The number of carbonyl (C=O) groups excluding carboxylic acids is 3. The van der Waals surface area contributed by atoms with Gasteiger partial charge in [0.1, 0.15) is 5.60 Å². The van der Waals surface area contributed by atoms with Gasteiger partial charge in [-0.15, -0.1) is 0 Å². The van der Waals surface area contributed by atoms with Crippen LogP contribution in [-0.2, 0) is 9.53 Å². The van der Waals surface area contributed by atoms with Crippen molar-refractivity contribution >= 4 is 29.4 Å². The van der Waals surface area contributed by atoms with Crippen LogP contribution in [0.15, 0.2) is 24.3 Å². The van der Waals surface area contributed by atoms with Gasteiger partial charge in [0.05, 0.1) is 0 Å². The summed E-state index contributed by atoms with van der Waals surface area (Å²) in [7, 11) is 0. The van der Waals surface area contributed by atoms with Gasteiger partial charge in [0.25, 0.3) is 0 Å². The van der Waals surface area contributed by atoms with E-state index in [9.17, 15) is 14.4 Å². The summed E-state index contributed by atoms with van der Waals surface area (Å²) in [4.78, 5) is 41.6. The van der Waals surface area contributed by atoms with Crippen LogP contribution in [0.25, 0.3) is 0 Å². The summed E-state index contributed by atoms with van der Waals surface area (Å²) >= 11 is 0. The van der Waals surface area contributed by atoms with Crippen molar-refractivity contribution in [3.8, 4) is 0 Å². The Morgan fingerprint density at radius 2 is 1.58 bits per heavy atom. The van der Waals surface area contributed by atoms with E-state index in [1.807, 2.05) is 49.9 Å². The second-order valence-electron chi connectivity index (χ2n) is 9.91. The Kier molecular flexibility index (Phi) is 5.58. The topological polar surface area (TPSA) is 82.2 Å². The van der Waals surface area contributed by atoms with E-state index in [1.165, 1.54) is 0 Å². The van der Waals surface area contributed by atoms with E-state index in [4.69, 9.17) is 4.74 Å². The average molecular weight is 429 g/mol. The highest BCUT2D eigenvalue weighted by molar-refractivity contribution is 6.05. The fourth-order valence-corrected chi connectivity index (χ4v) is 4.72. The van der Waals surface area contributed by atoms with Crippen molar-refractivity contribution in [2.24, 2.45) is 5.41 Å². The summed E-state index contributed by atoms with van der Waals surface area (Å²) < 4.78 is 5.55. The molecule has 3 heterocycles. The Labute approximate surface area is 183 Å². The molecule has 4 rings (SSSR count). The monoisotopic (exact) mass is 428 g/mol. The summed E-state index contributed by atoms with van der Waals surface area (Å²) in [6, 6.07) is 7.60. The van der Waals surface area contributed by atoms with E-state index in [0.29, 0.717) is 13.0 Å². The number of benzene rings is 1. The first-order chi connectivity index (χ1) is 14.6. The molecule has 1 spiro atoms. The number of piperidine rings is 1. The zero-order chi connectivity index (χ0) is 22.2. The van der Waals surface area contributed by atoms with Gasteiger partial charge in [-0.2, -0.15) is 0 Å². The van der Waals surface area contributed by atoms with Crippen LogP contribution in [0, 0.1) is 5.41 Å². The minimum absolute atomic E-state index is 0.186. The van der Waals surface area contributed by atoms with E-state index in [1.54, 1.807) is 4.90 Å². The lowest BCUT2D eigenvalue weighted by atomic mass is 9.77. The number of carbonyl (C=O) groups is 3.